The molecule has 1 aromatic carbocycles. The Bertz CT molecular complexity index is 389. The molecular weight excluding hydrogens is 222 g/mol. The summed E-state index contributed by atoms with van der Waals surface area (Å²) in [4.78, 5) is 0. The maximum absolute atomic E-state index is 5.94. The van der Waals surface area contributed by atoms with Crippen molar-refractivity contribution >= 4 is 0 Å². The van der Waals surface area contributed by atoms with Crippen LogP contribution in [0.1, 0.15) is 36.8 Å². The third kappa shape index (κ3) is 3.26. The minimum atomic E-state index is 0.701. The van der Waals surface area contributed by atoms with Gasteiger partial charge in [-0.15, -0.1) is 0 Å². The zero-order chi connectivity index (χ0) is 13.0. The molecule has 2 unspecified atom stereocenters. The van der Waals surface area contributed by atoms with Crippen LogP contribution in [0.2, 0.25) is 0 Å². The molecule has 1 saturated carbocycles. The van der Waals surface area contributed by atoms with Crippen LogP contribution in [0.4, 0.5) is 0 Å². The van der Waals surface area contributed by atoms with Crippen molar-refractivity contribution in [1.29, 1.82) is 0 Å². The van der Waals surface area contributed by atoms with Crippen molar-refractivity contribution in [2.24, 2.45) is 5.92 Å². The van der Waals surface area contributed by atoms with Crippen LogP contribution in [0, 0.1) is 19.8 Å². The van der Waals surface area contributed by atoms with Gasteiger partial charge in [0.2, 0.25) is 0 Å². The highest BCUT2D eigenvalue weighted by atomic mass is 16.5. The van der Waals surface area contributed by atoms with Crippen LogP contribution in [0.3, 0.4) is 0 Å². The van der Waals surface area contributed by atoms with Crippen LogP contribution in [-0.4, -0.2) is 19.7 Å². The predicted octanol–water partition coefficient (Wildman–Crippen LogP) is 3.46. The lowest BCUT2D eigenvalue weighted by Crippen LogP contribution is -2.29. The Morgan fingerprint density at radius 2 is 2.11 bits per heavy atom. The summed E-state index contributed by atoms with van der Waals surface area (Å²) in [6.07, 6.45) is 5.20. The van der Waals surface area contributed by atoms with Crippen LogP contribution < -0.4 is 10.1 Å². The number of hydrogen-bond acceptors (Lipinski definition) is 2. The molecule has 0 radical (unpaired) electrons. The number of benzene rings is 1. The highest BCUT2D eigenvalue weighted by Gasteiger charge is 2.25. The summed E-state index contributed by atoms with van der Waals surface area (Å²) in [6, 6.07) is 7.11. The molecule has 18 heavy (non-hydrogen) atoms. The van der Waals surface area contributed by atoms with Gasteiger partial charge in [-0.3, -0.25) is 0 Å². The fourth-order valence-electron chi connectivity index (χ4n) is 2.95. The van der Waals surface area contributed by atoms with Crippen molar-refractivity contribution in [3.8, 4) is 5.75 Å². The van der Waals surface area contributed by atoms with E-state index in [1.165, 1.54) is 36.8 Å². The molecule has 1 aromatic rings. The lowest BCUT2D eigenvalue weighted by molar-refractivity contribution is 0.262. The van der Waals surface area contributed by atoms with Gasteiger partial charge in [0.25, 0.3) is 0 Å². The van der Waals surface area contributed by atoms with Crippen molar-refractivity contribution in [2.45, 2.75) is 45.6 Å². The van der Waals surface area contributed by atoms with E-state index in [0.29, 0.717) is 6.04 Å². The molecule has 2 atom stereocenters. The van der Waals surface area contributed by atoms with E-state index in [0.717, 1.165) is 18.3 Å². The Morgan fingerprint density at radius 1 is 1.28 bits per heavy atom. The van der Waals surface area contributed by atoms with Crippen LogP contribution in [0.25, 0.3) is 0 Å². The maximum Gasteiger partial charge on any atom is 0.122 e. The molecule has 100 valence electrons. The molecule has 2 nitrogen and oxygen atoms in total. The minimum Gasteiger partial charge on any atom is -0.493 e. The first-order chi connectivity index (χ1) is 8.70. The third-order valence-corrected chi connectivity index (χ3v) is 4.12. The SMILES string of the molecule is CNC1CCCC1CCOc1cc(C)ccc1C. The number of ether oxygens (including phenoxy) is 1. The number of aryl methyl sites for hydroxylation is 2. The summed E-state index contributed by atoms with van der Waals surface area (Å²) < 4.78 is 5.94. The second-order valence-corrected chi connectivity index (χ2v) is 5.49. The predicted molar refractivity (Wildman–Crippen MR) is 76.2 cm³/mol. The zero-order valence-corrected chi connectivity index (χ0v) is 11.8. The first-order valence-corrected chi connectivity index (χ1v) is 7.08. The quantitative estimate of drug-likeness (QED) is 0.860. The Balaban J connectivity index is 1.83. The van der Waals surface area contributed by atoms with Gasteiger partial charge in [-0.1, -0.05) is 18.6 Å². The van der Waals surface area contributed by atoms with Gasteiger partial charge in [-0.25, -0.2) is 0 Å². The van der Waals surface area contributed by atoms with Crippen LogP contribution in [0.15, 0.2) is 18.2 Å². The topological polar surface area (TPSA) is 21.3 Å². The van der Waals surface area contributed by atoms with E-state index in [-0.39, 0.29) is 0 Å². The van der Waals surface area contributed by atoms with Gasteiger partial charge in [0.15, 0.2) is 0 Å². The van der Waals surface area contributed by atoms with Crippen LogP contribution in [0.5, 0.6) is 5.75 Å². The van der Waals surface area contributed by atoms with E-state index >= 15 is 0 Å². The van der Waals surface area contributed by atoms with E-state index in [4.69, 9.17) is 4.74 Å². The second-order valence-electron chi connectivity index (χ2n) is 5.49. The van der Waals surface area contributed by atoms with Crippen molar-refractivity contribution in [3.05, 3.63) is 29.3 Å². The first-order valence-electron chi connectivity index (χ1n) is 7.08. The fourth-order valence-corrected chi connectivity index (χ4v) is 2.95. The molecule has 0 heterocycles. The zero-order valence-electron chi connectivity index (χ0n) is 11.8. The number of nitrogens with one attached hydrogen (secondary N) is 1. The molecule has 0 spiro atoms. The molecule has 1 aliphatic rings. The average Bonchev–Trinajstić information content (AvgIpc) is 2.81. The van der Waals surface area contributed by atoms with Gasteiger partial charge in [-0.2, -0.15) is 0 Å². The fraction of sp³-hybridized carbons (Fsp3) is 0.625. The van der Waals surface area contributed by atoms with E-state index in [2.05, 4.69) is 44.4 Å². The molecule has 1 fully saturated rings. The largest absolute Gasteiger partial charge is 0.493 e. The Kier molecular flexibility index (Phi) is 4.65. The van der Waals surface area contributed by atoms with E-state index in [1.54, 1.807) is 0 Å². The maximum atomic E-state index is 5.94. The Morgan fingerprint density at radius 3 is 2.89 bits per heavy atom. The van der Waals surface area contributed by atoms with Gasteiger partial charge in [0.05, 0.1) is 6.61 Å². The van der Waals surface area contributed by atoms with Gasteiger partial charge in [-0.05, 0) is 63.3 Å². The Hall–Kier alpha value is -1.02. The molecule has 0 saturated heterocycles. The molecule has 0 bridgehead atoms. The van der Waals surface area contributed by atoms with Gasteiger partial charge in [0, 0.05) is 6.04 Å². The standard InChI is InChI=1S/C16H25NO/c1-12-7-8-13(2)16(11-12)18-10-9-14-5-4-6-15(14)17-3/h7-8,11,14-15,17H,4-6,9-10H2,1-3H3. The molecule has 2 rings (SSSR count). The highest BCUT2D eigenvalue weighted by Crippen LogP contribution is 2.28. The average molecular weight is 247 g/mol. The molecule has 0 aromatic heterocycles. The van der Waals surface area contributed by atoms with Gasteiger partial charge >= 0.3 is 0 Å². The van der Waals surface area contributed by atoms with E-state index in [9.17, 15) is 0 Å². The lowest BCUT2D eigenvalue weighted by Gasteiger charge is -2.19. The third-order valence-electron chi connectivity index (χ3n) is 4.12. The molecule has 0 aliphatic heterocycles. The summed E-state index contributed by atoms with van der Waals surface area (Å²) in [5.41, 5.74) is 2.50. The second kappa shape index (κ2) is 6.24. The van der Waals surface area contributed by atoms with Crippen LogP contribution >= 0.6 is 0 Å². The summed E-state index contributed by atoms with van der Waals surface area (Å²) in [7, 11) is 2.08. The molecule has 1 N–H and O–H groups in total. The molecular formula is C16H25NO. The van der Waals surface area contributed by atoms with Gasteiger partial charge in [0.1, 0.15) is 5.75 Å². The smallest absolute Gasteiger partial charge is 0.122 e. The molecule has 2 heteroatoms. The molecule has 1 aliphatic carbocycles. The van der Waals surface area contributed by atoms with Crippen LogP contribution in [-0.2, 0) is 0 Å². The van der Waals surface area contributed by atoms with E-state index < -0.39 is 0 Å². The van der Waals surface area contributed by atoms with Crippen molar-refractivity contribution < 1.29 is 4.74 Å². The first kappa shape index (κ1) is 13.4. The normalized spacial score (nSPS) is 23.3. The van der Waals surface area contributed by atoms with Gasteiger partial charge < -0.3 is 10.1 Å². The Labute approximate surface area is 111 Å². The van der Waals surface area contributed by atoms with Crippen molar-refractivity contribution in [3.63, 3.8) is 0 Å². The monoisotopic (exact) mass is 247 g/mol. The molecule has 0 amide bonds. The minimum absolute atomic E-state index is 0.701. The summed E-state index contributed by atoms with van der Waals surface area (Å²) >= 11 is 0. The summed E-state index contributed by atoms with van der Waals surface area (Å²) in [5.74, 6) is 1.84. The van der Waals surface area contributed by atoms with E-state index in [1.807, 2.05) is 0 Å². The highest BCUT2D eigenvalue weighted by molar-refractivity contribution is 5.35. The van der Waals surface area contributed by atoms with Crippen molar-refractivity contribution in [1.82, 2.24) is 5.32 Å². The van der Waals surface area contributed by atoms with Crippen molar-refractivity contribution in [2.75, 3.05) is 13.7 Å². The number of hydrogen-bond donors (Lipinski definition) is 1. The number of rotatable bonds is 5. The lowest BCUT2D eigenvalue weighted by atomic mass is 10.0. The summed E-state index contributed by atoms with van der Waals surface area (Å²) in [6.45, 7) is 5.06. The summed E-state index contributed by atoms with van der Waals surface area (Å²) in [5, 5.41) is 3.43.